The largest absolute Gasteiger partial charge is 0.254 e. The summed E-state index contributed by atoms with van der Waals surface area (Å²) in [5.74, 6) is 1.80. The van der Waals surface area contributed by atoms with Gasteiger partial charge in [-0.1, -0.05) is 121 Å². The fourth-order valence-electron chi connectivity index (χ4n) is 6.29. The van der Waals surface area contributed by atoms with Crippen molar-refractivity contribution in [3.05, 3.63) is 152 Å². The predicted molar refractivity (Wildman–Crippen MR) is 187 cm³/mol. The molecule has 3 aromatic heterocycles. The highest BCUT2D eigenvalue weighted by molar-refractivity contribution is 6.13. The first-order valence-electron chi connectivity index (χ1n) is 15.3. The van der Waals surface area contributed by atoms with Crippen molar-refractivity contribution in [2.45, 2.75) is 0 Å². The maximum atomic E-state index is 5.11. The first-order chi connectivity index (χ1) is 22.8. The van der Waals surface area contributed by atoms with E-state index in [9.17, 15) is 0 Å². The third-order valence-electron chi connectivity index (χ3n) is 8.58. The molecule has 0 atom stereocenters. The topological polar surface area (TPSA) is 64.5 Å². The fourth-order valence-corrected chi connectivity index (χ4v) is 6.29. The summed E-state index contributed by atoms with van der Waals surface area (Å²) in [5, 5.41) is 6.64. The molecule has 3 heterocycles. The van der Waals surface area contributed by atoms with Crippen LogP contribution in [-0.4, -0.2) is 24.9 Å². The molecule has 0 N–H and O–H groups in total. The summed E-state index contributed by atoms with van der Waals surface area (Å²) >= 11 is 0. The van der Waals surface area contributed by atoms with E-state index >= 15 is 0 Å². The predicted octanol–water partition coefficient (Wildman–Crippen LogP) is 9.94. The van der Waals surface area contributed by atoms with Crippen LogP contribution in [0.4, 0.5) is 0 Å². The molecule has 5 nitrogen and oxygen atoms in total. The molecule has 0 fully saturated rings. The number of fused-ring (bicyclic) bond motifs is 6. The zero-order valence-corrected chi connectivity index (χ0v) is 24.7. The van der Waals surface area contributed by atoms with Crippen molar-refractivity contribution in [2.24, 2.45) is 0 Å². The van der Waals surface area contributed by atoms with Crippen molar-refractivity contribution in [1.82, 2.24) is 24.9 Å². The molecule has 0 spiro atoms. The van der Waals surface area contributed by atoms with E-state index in [1.54, 1.807) is 6.20 Å². The Bertz CT molecular complexity index is 2580. The molecule has 0 saturated heterocycles. The summed E-state index contributed by atoms with van der Waals surface area (Å²) in [6.07, 6.45) is 3.65. The SMILES string of the molecule is c1ccc(-c2ccc(-c3nc(-c4cnc5c(ccc6cccnc65)c4)nc(-c4cc5ccccc5c5ccccc45)n3)cc2)cc1. The molecule has 0 unspecified atom stereocenters. The first-order valence-corrected chi connectivity index (χ1v) is 15.3. The van der Waals surface area contributed by atoms with Gasteiger partial charge in [-0.3, -0.25) is 9.97 Å². The van der Waals surface area contributed by atoms with E-state index < -0.39 is 0 Å². The first kappa shape index (κ1) is 26.1. The summed E-state index contributed by atoms with van der Waals surface area (Å²) < 4.78 is 0. The van der Waals surface area contributed by atoms with Gasteiger partial charge in [0.2, 0.25) is 0 Å². The lowest BCUT2D eigenvalue weighted by Crippen LogP contribution is -2.01. The lowest BCUT2D eigenvalue weighted by Gasteiger charge is -2.13. The molecule has 6 aromatic carbocycles. The summed E-state index contributed by atoms with van der Waals surface area (Å²) in [4.78, 5) is 24.7. The van der Waals surface area contributed by atoms with Gasteiger partial charge in [-0.05, 0) is 50.9 Å². The third-order valence-corrected chi connectivity index (χ3v) is 8.58. The summed E-state index contributed by atoms with van der Waals surface area (Å²) in [5.41, 5.74) is 6.73. The average molecular weight is 588 g/mol. The monoisotopic (exact) mass is 587 g/mol. The van der Waals surface area contributed by atoms with Crippen LogP contribution >= 0.6 is 0 Å². The number of nitrogens with zero attached hydrogens (tertiary/aromatic N) is 5. The summed E-state index contributed by atoms with van der Waals surface area (Å²) in [6.45, 7) is 0. The molecule has 0 radical (unpaired) electrons. The number of pyridine rings is 2. The summed E-state index contributed by atoms with van der Waals surface area (Å²) in [6, 6.07) is 48.1. The van der Waals surface area contributed by atoms with Crippen molar-refractivity contribution in [2.75, 3.05) is 0 Å². The minimum absolute atomic E-state index is 0.569. The normalized spacial score (nSPS) is 11.5. The number of benzene rings is 6. The fraction of sp³-hybridized carbons (Fsp3) is 0. The van der Waals surface area contributed by atoms with Gasteiger partial charge in [0, 0.05) is 39.9 Å². The molecule has 0 aliphatic carbocycles. The zero-order valence-electron chi connectivity index (χ0n) is 24.7. The van der Waals surface area contributed by atoms with Crippen molar-refractivity contribution in [3.8, 4) is 45.3 Å². The smallest absolute Gasteiger partial charge is 0.165 e. The molecule has 0 saturated carbocycles. The lowest BCUT2D eigenvalue weighted by molar-refractivity contribution is 1.07. The van der Waals surface area contributed by atoms with Gasteiger partial charge in [-0.15, -0.1) is 0 Å². The van der Waals surface area contributed by atoms with E-state index in [0.717, 1.165) is 65.8 Å². The zero-order chi connectivity index (χ0) is 30.5. The highest BCUT2D eigenvalue weighted by Crippen LogP contribution is 2.35. The third kappa shape index (κ3) is 4.45. The van der Waals surface area contributed by atoms with Gasteiger partial charge in [-0.25, -0.2) is 15.0 Å². The molecule has 0 amide bonds. The van der Waals surface area contributed by atoms with E-state index in [1.165, 1.54) is 5.39 Å². The molecular formula is C41H25N5. The van der Waals surface area contributed by atoms with Crippen LogP contribution in [0.3, 0.4) is 0 Å². The molecule has 214 valence electrons. The van der Waals surface area contributed by atoms with Gasteiger partial charge < -0.3 is 0 Å². The van der Waals surface area contributed by atoms with Crippen LogP contribution in [0.2, 0.25) is 0 Å². The van der Waals surface area contributed by atoms with Crippen LogP contribution in [0.15, 0.2) is 152 Å². The molecule has 0 aliphatic rings. The summed E-state index contributed by atoms with van der Waals surface area (Å²) in [7, 11) is 0. The number of hydrogen-bond acceptors (Lipinski definition) is 5. The maximum absolute atomic E-state index is 5.11. The quantitative estimate of drug-likeness (QED) is 0.192. The maximum Gasteiger partial charge on any atom is 0.165 e. The van der Waals surface area contributed by atoms with Crippen LogP contribution in [0.25, 0.3) is 88.6 Å². The second-order valence-electron chi connectivity index (χ2n) is 11.4. The van der Waals surface area contributed by atoms with Crippen LogP contribution in [-0.2, 0) is 0 Å². The van der Waals surface area contributed by atoms with E-state index in [-0.39, 0.29) is 0 Å². The van der Waals surface area contributed by atoms with Crippen LogP contribution in [0.5, 0.6) is 0 Å². The highest BCUT2D eigenvalue weighted by Gasteiger charge is 2.17. The van der Waals surface area contributed by atoms with Gasteiger partial charge in [-0.2, -0.15) is 0 Å². The van der Waals surface area contributed by atoms with Crippen LogP contribution < -0.4 is 0 Å². The van der Waals surface area contributed by atoms with Crippen LogP contribution in [0.1, 0.15) is 0 Å². The molecule has 46 heavy (non-hydrogen) atoms. The molecule has 5 heteroatoms. The minimum atomic E-state index is 0.569. The van der Waals surface area contributed by atoms with E-state index in [4.69, 9.17) is 19.9 Å². The Kier molecular flexibility index (Phi) is 6.06. The van der Waals surface area contributed by atoms with E-state index in [1.807, 2.05) is 18.3 Å². The second kappa shape index (κ2) is 10.7. The highest BCUT2D eigenvalue weighted by atomic mass is 15.0. The minimum Gasteiger partial charge on any atom is -0.254 e. The molecule has 0 aliphatic heterocycles. The van der Waals surface area contributed by atoms with E-state index in [0.29, 0.717) is 17.5 Å². The Labute approximate surface area is 264 Å². The van der Waals surface area contributed by atoms with Crippen LogP contribution in [0, 0.1) is 0 Å². The van der Waals surface area contributed by atoms with Crippen molar-refractivity contribution >= 4 is 43.4 Å². The van der Waals surface area contributed by atoms with Gasteiger partial charge in [0.25, 0.3) is 0 Å². The number of hydrogen-bond donors (Lipinski definition) is 0. The van der Waals surface area contributed by atoms with Gasteiger partial charge in [0.1, 0.15) is 0 Å². The number of rotatable bonds is 4. The Hall–Kier alpha value is -6.33. The Morgan fingerprint density at radius 1 is 0.348 bits per heavy atom. The van der Waals surface area contributed by atoms with Crippen molar-refractivity contribution in [1.29, 1.82) is 0 Å². The Morgan fingerprint density at radius 3 is 1.80 bits per heavy atom. The lowest BCUT2D eigenvalue weighted by atomic mass is 9.97. The Morgan fingerprint density at radius 2 is 0.957 bits per heavy atom. The van der Waals surface area contributed by atoms with Gasteiger partial charge >= 0.3 is 0 Å². The van der Waals surface area contributed by atoms with Crippen molar-refractivity contribution in [3.63, 3.8) is 0 Å². The molecule has 9 aromatic rings. The Balaban J connectivity index is 1.26. The molecule has 9 rings (SSSR count). The number of aromatic nitrogens is 5. The van der Waals surface area contributed by atoms with Gasteiger partial charge in [0.05, 0.1) is 11.0 Å². The second-order valence-corrected chi connectivity index (χ2v) is 11.4. The molecular weight excluding hydrogens is 562 g/mol. The standard InChI is InChI=1S/C41H25N5/c1-2-9-26(10-3-1)27-16-19-29(20-17-27)39-44-40(32-23-31-21-18-28-12-8-22-42-37(28)38(31)43-25-32)46-41(45-39)36-24-30-11-4-5-13-33(30)34-14-6-7-15-35(34)36/h1-25H. The van der Waals surface area contributed by atoms with E-state index in [2.05, 4.69) is 132 Å². The van der Waals surface area contributed by atoms with Gasteiger partial charge in [0.15, 0.2) is 17.5 Å². The average Bonchev–Trinajstić information content (AvgIpc) is 3.14. The van der Waals surface area contributed by atoms with Crippen molar-refractivity contribution < 1.29 is 0 Å². The molecule has 0 bridgehead atoms.